The third-order valence-corrected chi connectivity index (χ3v) is 12.4. The summed E-state index contributed by atoms with van der Waals surface area (Å²) in [5.74, 6) is 1.91. The van der Waals surface area contributed by atoms with Gasteiger partial charge < -0.3 is 13.6 Å². The van der Waals surface area contributed by atoms with E-state index in [0.29, 0.717) is 17.5 Å². The number of benzene rings is 9. The average molecular weight is 806 g/mol. The van der Waals surface area contributed by atoms with Gasteiger partial charge in [0.05, 0.1) is 27.8 Å². The molecule has 294 valence electrons. The first kappa shape index (κ1) is 35.2. The SMILES string of the molecule is c1ccc(-c2nc(-c3ccccc3)nc(-c3ccc(-n4c5ccccc5c5cccc(-c6ccc7c(c6)c6ccccc6n7-c6cccc7c6oc6ccccc67)c54)cc3)n2)cc1. The Bertz CT molecular complexity index is 3840. The van der Waals surface area contributed by atoms with Crippen molar-refractivity contribution in [2.24, 2.45) is 0 Å². The van der Waals surface area contributed by atoms with Crippen molar-refractivity contribution in [3.05, 3.63) is 212 Å². The van der Waals surface area contributed by atoms with Crippen molar-refractivity contribution in [3.8, 4) is 56.7 Å². The van der Waals surface area contributed by atoms with E-state index >= 15 is 0 Å². The minimum absolute atomic E-state index is 0.626. The highest BCUT2D eigenvalue weighted by Crippen LogP contribution is 2.42. The standard InChI is InChI=1S/C57H35N5O/c1-3-15-36(16-4-1)55-58-56(37-17-5-2-6-18-37)60-57(59-55)38-29-32-40(33-30-38)61-48-25-10-7-19-42(48)45-23-13-22-41(53(45)61)39-31-34-50-47(35-39)43-20-8-11-26-49(43)62(50)51-27-14-24-46-44-21-9-12-28-52(44)63-54(46)51/h1-35H. The molecule has 0 fully saturated rings. The van der Waals surface area contributed by atoms with Gasteiger partial charge in [0.2, 0.25) is 0 Å². The molecule has 6 heteroatoms. The van der Waals surface area contributed by atoms with E-state index in [1.54, 1.807) is 0 Å². The second-order valence-electron chi connectivity index (χ2n) is 16.0. The molecular formula is C57H35N5O. The number of furan rings is 1. The predicted molar refractivity (Wildman–Crippen MR) is 258 cm³/mol. The lowest BCUT2D eigenvalue weighted by atomic mass is 10.00. The molecule has 0 saturated carbocycles. The maximum Gasteiger partial charge on any atom is 0.164 e. The molecule has 0 N–H and O–H groups in total. The summed E-state index contributed by atoms with van der Waals surface area (Å²) in [6.07, 6.45) is 0. The molecule has 9 aromatic carbocycles. The van der Waals surface area contributed by atoms with Gasteiger partial charge in [-0.25, -0.2) is 15.0 Å². The monoisotopic (exact) mass is 805 g/mol. The highest BCUT2D eigenvalue weighted by molar-refractivity contribution is 6.16. The topological polar surface area (TPSA) is 61.7 Å². The number of rotatable bonds is 6. The second kappa shape index (κ2) is 14.0. The van der Waals surface area contributed by atoms with Crippen LogP contribution in [0.25, 0.3) is 122 Å². The summed E-state index contributed by atoms with van der Waals surface area (Å²) >= 11 is 0. The van der Waals surface area contributed by atoms with Gasteiger partial charge in [0.15, 0.2) is 23.1 Å². The normalized spacial score (nSPS) is 11.8. The van der Waals surface area contributed by atoms with Crippen molar-refractivity contribution in [2.45, 2.75) is 0 Å². The van der Waals surface area contributed by atoms with Crippen LogP contribution in [0.2, 0.25) is 0 Å². The van der Waals surface area contributed by atoms with Gasteiger partial charge >= 0.3 is 0 Å². The Labute approximate surface area is 361 Å². The van der Waals surface area contributed by atoms with E-state index in [1.165, 1.54) is 21.5 Å². The van der Waals surface area contributed by atoms with Gasteiger partial charge in [-0.15, -0.1) is 0 Å². The van der Waals surface area contributed by atoms with Crippen molar-refractivity contribution in [3.63, 3.8) is 0 Å². The van der Waals surface area contributed by atoms with E-state index in [0.717, 1.165) is 83.2 Å². The molecule has 13 aromatic rings. The van der Waals surface area contributed by atoms with Crippen LogP contribution in [0.4, 0.5) is 0 Å². The summed E-state index contributed by atoms with van der Waals surface area (Å²) < 4.78 is 11.3. The summed E-state index contributed by atoms with van der Waals surface area (Å²) in [4.78, 5) is 14.9. The van der Waals surface area contributed by atoms with E-state index in [9.17, 15) is 0 Å². The number of hydrogen-bond donors (Lipinski definition) is 0. The van der Waals surface area contributed by atoms with Crippen molar-refractivity contribution < 1.29 is 4.42 Å². The first-order chi connectivity index (χ1) is 31.2. The van der Waals surface area contributed by atoms with Gasteiger partial charge in [-0.2, -0.15) is 0 Å². The summed E-state index contributed by atoms with van der Waals surface area (Å²) in [7, 11) is 0. The Morgan fingerprint density at radius 2 is 0.841 bits per heavy atom. The quantitative estimate of drug-likeness (QED) is 0.168. The molecule has 0 aliphatic rings. The highest BCUT2D eigenvalue weighted by atomic mass is 16.3. The lowest BCUT2D eigenvalue weighted by Crippen LogP contribution is -2.00. The van der Waals surface area contributed by atoms with E-state index in [-0.39, 0.29) is 0 Å². The first-order valence-corrected chi connectivity index (χ1v) is 21.2. The van der Waals surface area contributed by atoms with Crippen LogP contribution < -0.4 is 0 Å². The van der Waals surface area contributed by atoms with Crippen LogP contribution in [0.5, 0.6) is 0 Å². The third kappa shape index (κ3) is 5.55. The largest absolute Gasteiger partial charge is 0.454 e. The van der Waals surface area contributed by atoms with Crippen LogP contribution in [0.15, 0.2) is 217 Å². The molecule has 63 heavy (non-hydrogen) atoms. The second-order valence-corrected chi connectivity index (χ2v) is 16.0. The van der Waals surface area contributed by atoms with Crippen LogP contribution in [-0.4, -0.2) is 24.1 Å². The van der Waals surface area contributed by atoms with Gasteiger partial charge in [-0.05, 0) is 66.2 Å². The van der Waals surface area contributed by atoms with E-state index < -0.39 is 0 Å². The van der Waals surface area contributed by atoms with Crippen LogP contribution in [0.1, 0.15) is 0 Å². The Morgan fingerprint density at radius 3 is 1.54 bits per heavy atom. The Morgan fingerprint density at radius 1 is 0.333 bits per heavy atom. The number of hydrogen-bond acceptors (Lipinski definition) is 4. The molecule has 0 radical (unpaired) electrons. The molecule has 0 saturated heterocycles. The number of aromatic nitrogens is 5. The molecule has 4 aromatic heterocycles. The van der Waals surface area contributed by atoms with Crippen molar-refractivity contribution in [1.29, 1.82) is 0 Å². The Hall–Kier alpha value is -8.61. The van der Waals surface area contributed by atoms with Crippen LogP contribution >= 0.6 is 0 Å². The average Bonchev–Trinajstić information content (AvgIpc) is 4.02. The zero-order valence-electron chi connectivity index (χ0n) is 33.9. The zero-order chi connectivity index (χ0) is 41.4. The number of para-hydroxylation sites is 5. The lowest BCUT2D eigenvalue weighted by molar-refractivity contribution is 0.666. The molecule has 0 bridgehead atoms. The summed E-state index contributed by atoms with van der Waals surface area (Å²) in [5, 5.41) is 7.00. The van der Waals surface area contributed by atoms with Crippen LogP contribution in [-0.2, 0) is 0 Å². The maximum atomic E-state index is 6.58. The smallest absolute Gasteiger partial charge is 0.164 e. The van der Waals surface area contributed by atoms with Crippen molar-refractivity contribution in [2.75, 3.05) is 0 Å². The molecule has 6 nitrogen and oxygen atoms in total. The van der Waals surface area contributed by atoms with Gasteiger partial charge in [0.1, 0.15) is 5.58 Å². The highest BCUT2D eigenvalue weighted by Gasteiger charge is 2.21. The molecular weight excluding hydrogens is 771 g/mol. The van der Waals surface area contributed by atoms with Crippen LogP contribution in [0.3, 0.4) is 0 Å². The fourth-order valence-corrected chi connectivity index (χ4v) is 9.53. The number of nitrogens with zero attached hydrogens (tertiary/aromatic N) is 5. The molecule has 4 heterocycles. The molecule has 0 aliphatic heterocycles. The van der Waals surface area contributed by atoms with Crippen molar-refractivity contribution in [1.82, 2.24) is 24.1 Å². The molecule has 0 spiro atoms. The number of fused-ring (bicyclic) bond motifs is 9. The molecule has 0 amide bonds. The molecule has 0 atom stereocenters. The molecule has 13 rings (SSSR count). The maximum absolute atomic E-state index is 6.58. The van der Waals surface area contributed by atoms with Gasteiger partial charge in [0.25, 0.3) is 0 Å². The summed E-state index contributed by atoms with van der Waals surface area (Å²) in [6, 6.07) is 74.5. The fraction of sp³-hybridized carbons (Fsp3) is 0. The predicted octanol–water partition coefficient (Wildman–Crippen LogP) is 14.6. The van der Waals surface area contributed by atoms with E-state index in [2.05, 4.69) is 149 Å². The van der Waals surface area contributed by atoms with E-state index in [4.69, 9.17) is 19.4 Å². The third-order valence-electron chi connectivity index (χ3n) is 12.4. The van der Waals surface area contributed by atoms with Crippen molar-refractivity contribution >= 4 is 65.6 Å². The fourth-order valence-electron chi connectivity index (χ4n) is 9.53. The summed E-state index contributed by atoms with van der Waals surface area (Å²) in [5.41, 5.74) is 13.5. The Balaban J connectivity index is 0.975. The Kier molecular flexibility index (Phi) is 7.80. The minimum Gasteiger partial charge on any atom is -0.454 e. The zero-order valence-corrected chi connectivity index (χ0v) is 33.9. The van der Waals surface area contributed by atoms with E-state index in [1.807, 2.05) is 72.8 Å². The lowest BCUT2D eigenvalue weighted by Gasteiger charge is -2.13. The van der Waals surface area contributed by atoms with Gasteiger partial charge in [-0.3, -0.25) is 0 Å². The summed E-state index contributed by atoms with van der Waals surface area (Å²) in [6.45, 7) is 0. The molecule has 0 unspecified atom stereocenters. The first-order valence-electron chi connectivity index (χ1n) is 21.2. The molecule has 0 aliphatic carbocycles. The van der Waals surface area contributed by atoms with Gasteiger partial charge in [0, 0.05) is 60.3 Å². The minimum atomic E-state index is 0.626. The van der Waals surface area contributed by atoms with Crippen LogP contribution in [0, 0.1) is 0 Å². The van der Waals surface area contributed by atoms with Gasteiger partial charge in [-0.1, -0.05) is 152 Å².